The number of ether oxygens (including phenoxy) is 1. The van der Waals surface area contributed by atoms with Gasteiger partial charge in [0.15, 0.2) is 0 Å². The number of aromatic carboxylic acids is 1. The number of carbonyl (C=O) groups is 2. The molecule has 2 rings (SSSR count). The highest BCUT2D eigenvalue weighted by Crippen LogP contribution is 2.18. The molecular formula is C17H20N2O4S. The maximum Gasteiger partial charge on any atom is 0.347 e. The smallest absolute Gasteiger partial charge is 0.347 e. The van der Waals surface area contributed by atoms with Crippen molar-refractivity contribution in [2.24, 2.45) is 0 Å². The van der Waals surface area contributed by atoms with Crippen LogP contribution in [0.1, 0.15) is 31.5 Å². The van der Waals surface area contributed by atoms with E-state index in [1.54, 1.807) is 6.92 Å². The molecule has 1 aromatic carbocycles. The molecule has 0 bridgehead atoms. The monoisotopic (exact) mass is 348 g/mol. The number of carbonyl (C=O) groups excluding carboxylic acids is 1. The van der Waals surface area contributed by atoms with Crippen LogP contribution in [0.2, 0.25) is 0 Å². The van der Waals surface area contributed by atoms with Gasteiger partial charge in [0.25, 0.3) is 0 Å². The lowest BCUT2D eigenvalue weighted by Crippen LogP contribution is -2.29. The van der Waals surface area contributed by atoms with Crippen molar-refractivity contribution in [1.82, 2.24) is 10.3 Å². The number of carboxylic acid groups (broad SMARTS) is 1. The van der Waals surface area contributed by atoms with Crippen LogP contribution in [-0.2, 0) is 11.2 Å². The molecule has 0 saturated carbocycles. The van der Waals surface area contributed by atoms with Gasteiger partial charge in [0.1, 0.15) is 22.2 Å². The first-order valence-corrected chi connectivity index (χ1v) is 8.34. The zero-order valence-corrected chi connectivity index (χ0v) is 14.7. The second kappa shape index (κ2) is 7.92. The third-order valence-corrected chi connectivity index (χ3v) is 4.38. The maximum atomic E-state index is 11.9. The lowest BCUT2D eigenvalue weighted by Gasteiger charge is -2.09. The average Bonchev–Trinajstić information content (AvgIpc) is 2.83. The Morgan fingerprint density at radius 2 is 1.88 bits per heavy atom. The molecule has 0 aliphatic heterocycles. The molecule has 7 heteroatoms. The summed E-state index contributed by atoms with van der Waals surface area (Å²) in [5, 5.41) is 12.2. The number of rotatable bonds is 7. The van der Waals surface area contributed by atoms with E-state index in [-0.39, 0.29) is 17.2 Å². The highest BCUT2D eigenvalue weighted by atomic mass is 32.1. The van der Waals surface area contributed by atoms with Crippen molar-refractivity contribution in [1.29, 1.82) is 0 Å². The zero-order valence-electron chi connectivity index (χ0n) is 13.9. The van der Waals surface area contributed by atoms with Gasteiger partial charge in [-0.15, -0.1) is 11.3 Å². The molecule has 0 atom stereocenters. The van der Waals surface area contributed by atoms with Crippen molar-refractivity contribution in [3.05, 3.63) is 44.9 Å². The molecule has 6 nitrogen and oxygen atoms in total. The molecule has 0 radical (unpaired) electrons. The number of amides is 1. The van der Waals surface area contributed by atoms with E-state index in [2.05, 4.69) is 16.4 Å². The van der Waals surface area contributed by atoms with Gasteiger partial charge in [0, 0.05) is 0 Å². The molecule has 128 valence electrons. The van der Waals surface area contributed by atoms with Gasteiger partial charge in [-0.05, 0) is 44.0 Å². The van der Waals surface area contributed by atoms with Gasteiger partial charge in [-0.3, -0.25) is 4.79 Å². The van der Waals surface area contributed by atoms with Crippen molar-refractivity contribution in [3.63, 3.8) is 0 Å². The van der Waals surface area contributed by atoms with E-state index in [1.807, 2.05) is 26.0 Å². The summed E-state index contributed by atoms with van der Waals surface area (Å²) < 4.78 is 5.62. The number of aromatic nitrogens is 1. The van der Waals surface area contributed by atoms with Crippen LogP contribution in [-0.4, -0.2) is 35.1 Å². The van der Waals surface area contributed by atoms with E-state index in [0.29, 0.717) is 23.9 Å². The Kier molecular flexibility index (Phi) is 5.92. The van der Waals surface area contributed by atoms with E-state index < -0.39 is 5.97 Å². The minimum absolute atomic E-state index is 0.0718. The standard InChI is InChI=1S/C17H20N2O4S/c1-10-6-11(2)8-13(7-10)23-5-4-18-14(20)9-15-19-12(3)16(24-15)17(21)22/h6-8H,4-5,9H2,1-3H3,(H,18,20)(H,21,22). The van der Waals surface area contributed by atoms with Gasteiger partial charge < -0.3 is 15.2 Å². The SMILES string of the molecule is Cc1cc(C)cc(OCCNC(=O)Cc2nc(C)c(C(=O)O)s2)c1. The summed E-state index contributed by atoms with van der Waals surface area (Å²) in [7, 11) is 0. The first-order valence-electron chi connectivity index (χ1n) is 7.52. The summed E-state index contributed by atoms with van der Waals surface area (Å²) in [6.07, 6.45) is 0.0718. The number of nitrogens with zero attached hydrogens (tertiary/aromatic N) is 1. The third kappa shape index (κ3) is 5.06. The van der Waals surface area contributed by atoms with E-state index in [0.717, 1.165) is 28.2 Å². The van der Waals surface area contributed by atoms with E-state index in [4.69, 9.17) is 9.84 Å². The Balaban J connectivity index is 1.77. The number of hydrogen-bond donors (Lipinski definition) is 2. The molecule has 1 amide bonds. The first-order chi connectivity index (χ1) is 11.3. The topological polar surface area (TPSA) is 88.5 Å². The van der Waals surface area contributed by atoms with E-state index in [9.17, 15) is 9.59 Å². The van der Waals surface area contributed by atoms with Gasteiger partial charge in [0.2, 0.25) is 5.91 Å². The molecule has 0 fully saturated rings. The molecule has 24 heavy (non-hydrogen) atoms. The molecule has 0 aliphatic carbocycles. The lowest BCUT2D eigenvalue weighted by atomic mass is 10.1. The largest absolute Gasteiger partial charge is 0.492 e. The zero-order chi connectivity index (χ0) is 17.7. The normalized spacial score (nSPS) is 10.5. The minimum Gasteiger partial charge on any atom is -0.492 e. The molecule has 0 unspecified atom stereocenters. The van der Waals surface area contributed by atoms with Crippen molar-refractivity contribution >= 4 is 23.2 Å². The summed E-state index contributed by atoms with van der Waals surface area (Å²) in [5.74, 6) is -0.438. The summed E-state index contributed by atoms with van der Waals surface area (Å²) in [4.78, 5) is 27.1. The second-order valence-electron chi connectivity index (χ2n) is 5.53. The summed E-state index contributed by atoms with van der Waals surface area (Å²) in [6.45, 7) is 6.37. The Morgan fingerprint density at radius 1 is 1.21 bits per heavy atom. The highest BCUT2D eigenvalue weighted by molar-refractivity contribution is 7.13. The van der Waals surface area contributed by atoms with Crippen molar-refractivity contribution in [3.8, 4) is 5.75 Å². The van der Waals surface area contributed by atoms with Crippen LogP contribution in [0.25, 0.3) is 0 Å². The fraction of sp³-hybridized carbons (Fsp3) is 0.353. The molecule has 0 spiro atoms. The third-order valence-electron chi connectivity index (χ3n) is 3.24. The van der Waals surface area contributed by atoms with Gasteiger partial charge in [-0.25, -0.2) is 9.78 Å². The van der Waals surface area contributed by atoms with Gasteiger partial charge in [-0.1, -0.05) is 6.07 Å². The predicted octanol–water partition coefficient (Wildman–Crippen LogP) is 2.50. The van der Waals surface area contributed by atoms with Crippen LogP contribution in [0.3, 0.4) is 0 Å². The Morgan fingerprint density at radius 3 is 2.46 bits per heavy atom. The molecule has 1 aromatic heterocycles. The number of carboxylic acids is 1. The molecular weight excluding hydrogens is 328 g/mol. The quantitative estimate of drug-likeness (QED) is 0.751. The predicted molar refractivity (Wildman–Crippen MR) is 91.9 cm³/mol. The second-order valence-corrected chi connectivity index (χ2v) is 6.61. The van der Waals surface area contributed by atoms with Crippen LogP contribution < -0.4 is 10.1 Å². The average molecular weight is 348 g/mol. The number of hydrogen-bond acceptors (Lipinski definition) is 5. The van der Waals surface area contributed by atoms with E-state index in [1.165, 1.54) is 0 Å². The van der Waals surface area contributed by atoms with Crippen molar-refractivity contribution in [2.75, 3.05) is 13.2 Å². The van der Waals surface area contributed by atoms with Crippen LogP contribution in [0.4, 0.5) is 0 Å². The summed E-state index contributed by atoms with van der Waals surface area (Å²) in [5.41, 5.74) is 2.69. The summed E-state index contributed by atoms with van der Waals surface area (Å²) >= 11 is 1.03. The lowest BCUT2D eigenvalue weighted by molar-refractivity contribution is -0.120. The van der Waals surface area contributed by atoms with Crippen molar-refractivity contribution in [2.45, 2.75) is 27.2 Å². The molecule has 2 N–H and O–H groups in total. The number of thiazole rings is 1. The Labute approximate surface area is 144 Å². The van der Waals surface area contributed by atoms with Crippen molar-refractivity contribution < 1.29 is 19.4 Å². The van der Waals surface area contributed by atoms with Crippen LogP contribution in [0.5, 0.6) is 5.75 Å². The maximum absolute atomic E-state index is 11.9. The van der Waals surface area contributed by atoms with Gasteiger partial charge in [0.05, 0.1) is 18.7 Å². The Bertz CT molecular complexity index is 735. The minimum atomic E-state index is -1.02. The van der Waals surface area contributed by atoms with Crippen LogP contribution in [0.15, 0.2) is 18.2 Å². The summed E-state index contributed by atoms with van der Waals surface area (Å²) in [6, 6.07) is 5.96. The van der Waals surface area contributed by atoms with E-state index >= 15 is 0 Å². The molecule has 1 heterocycles. The fourth-order valence-electron chi connectivity index (χ4n) is 2.30. The molecule has 0 saturated heterocycles. The highest BCUT2D eigenvalue weighted by Gasteiger charge is 2.15. The molecule has 0 aliphatic rings. The Hall–Kier alpha value is -2.41. The number of benzene rings is 1. The van der Waals surface area contributed by atoms with Crippen LogP contribution in [0, 0.1) is 20.8 Å². The number of aryl methyl sites for hydroxylation is 3. The molecule has 2 aromatic rings. The fourth-order valence-corrected chi connectivity index (χ4v) is 3.20. The van der Waals surface area contributed by atoms with Gasteiger partial charge in [-0.2, -0.15) is 0 Å². The van der Waals surface area contributed by atoms with Gasteiger partial charge >= 0.3 is 5.97 Å². The number of nitrogens with one attached hydrogen (secondary N) is 1. The first kappa shape index (κ1) is 17.9. The van der Waals surface area contributed by atoms with Crippen LogP contribution >= 0.6 is 11.3 Å².